The van der Waals surface area contributed by atoms with Gasteiger partial charge in [-0.15, -0.1) is 0 Å². The molecule has 0 aliphatic heterocycles. The Morgan fingerprint density at radius 2 is 1.58 bits per heavy atom. The van der Waals surface area contributed by atoms with Gasteiger partial charge < -0.3 is 20.1 Å². The van der Waals surface area contributed by atoms with E-state index in [-0.39, 0.29) is 11.2 Å². The summed E-state index contributed by atoms with van der Waals surface area (Å²) in [7, 11) is 0. The lowest BCUT2D eigenvalue weighted by atomic mass is 9.87. The Bertz CT molecular complexity index is 907. The average molecular weight is 434 g/mol. The van der Waals surface area contributed by atoms with Crippen LogP contribution in [-0.4, -0.2) is 37.5 Å². The Balaban J connectivity index is 1.73. The van der Waals surface area contributed by atoms with Crippen LogP contribution in [0.25, 0.3) is 0 Å². The van der Waals surface area contributed by atoms with Crippen molar-refractivity contribution in [3.8, 4) is 5.75 Å². The molecule has 9 heteroatoms. The number of carbonyl (C=O) groups is 3. The minimum absolute atomic E-state index is 0.0406. The molecule has 0 atom stereocenters. The van der Waals surface area contributed by atoms with Crippen LogP contribution in [0.2, 0.25) is 0 Å². The summed E-state index contributed by atoms with van der Waals surface area (Å²) >= 11 is 0. The summed E-state index contributed by atoms with van der Waals surface area (Å²) < 4.78 is 33.2. The number of benzene rings is 2. The third kappa shape index (κ3) is 8.04. The van der Waals surface area contributed by atoms with Gasteiger partial charge in [0.2, 0.25) is 0 Å². The molecule has 0 aliphatic rings. The molecule has 0 radical (unpaired) electrons. The largest absolute Gasteiger partial charge is 0.454 e. The number of anilines is 1. The zero-order valence-electron chi connectivity index (χ0n) is 17.4. The van der Waals surface area contributed by atoms with E-state index >= 15 is 0 Å². The van der Waals surface area contributed by atoms with Crippen LogP contribution >= 0.6 is 0 Å². The van der Waals surface area contributed by atoms with Crippen molar-refractivity contribution in [2.75, 3.05) is 18.5 Å². The van der Waals surface area contributed by atoms with Gasteiger partial charge in [0, 0.05) is 11.3 Å². The molecule has 7 nitrogen and oxygen atoms in total. The normalized spacial score (nSPS) is 11.0. The van der Waals surface area contributed by atoms with Crippen molar-refractivity contribution in [1.29, 1.82) is 0 Å². The van der Waals surface area contributed by atoms with Crippen molar-refractivity contribution in [2.24, 2.45) is 0 Å². The highest BCUT2D eigenvalue weighted by Gasteiger charge is 2.15. The number of halogens is 2. The zero-order chi connectivity index (χ0) is 23.0. The van der Waals surface area contributed by atoms with E-state index in [1.807, 2.05) is 12.1 Å². The van der Waals surface area contributed by atoms with Gasteiger partial charge in [0.1, 0.15) is 12.3 Å². The van der Waals surface area contributed by atoms with E-state index in [4.69, 9.17) is 4.74 Å². The highest BCUT2D eigenvalue weighted by molar-refractivity contribution is 5.96. The topological polar surface area (TPSA) is 93.7 Å². The molecule has 2 rings (SSSR count). The molecule has 0 aliphatic carbocycles. The second-order valence-corrected chi connectivity index (χ2v) is 7.62. The van der Waals surface area contributed by atoms with Gasteiger partial charge in [0.25, 0.3) is 11.8 Å². The first-order chi connectivity index (χ1) is 14.5. The number of nitrogens with one attached hydrogen (secondary N) is 2. The fourth-order valence-corrected chi connectivity index (χ4v) is 2.49. The lowest BCUT2D eigenvalue weighted by Gasteiger charge is -2.19. The fourth-order valence-electron chi connectivity index (χ4n) is 2.49. The van der Waals surface area contributed by atoms with Gasteiger partial charge in [-0.1, -0.05) is 32.9 Å². The maximum atomic E-state index is 12.1. The lowest BCUT2D eigenvalue weighted by molar-refractivity contribution is -0.146. The molecular formula is C22H24F2N2O5. The number of esters is 1. The minimum Gasteiger partial charge on any atom is -0.454 e. The van der Waals surface area contributed by atoms with Crippen LogP contribution in [0.5, 0.6) is 5.75 Å². The predicted molar refractivity (Wildman–Crippen MR) is 110 cm³/mol. The third-order valence-electron chi connectivity index (χ3n) is 4.13. The Morgan fingerprint density at radius 1 is 0.968 bits per heavy atom. The summed E-state index contributed by atoms with van der Waals surface area (Å²) in [5.41, 5.74) is 1.75. The number of alkyl halides is 2. The molecule has 0 spiro atoms. The van der Waals surface area contributed by atoms with Crippen molar-refractivity contribution in [3.05, 3.63) is 59.7 Å². The van der Waals surface area contributed by atoms with Crippen LogP contribution in [0.15, 0.2) is 48.5 Å². The molecule has 0 aromatic heterocycles. The van der Waals surface area contributed by atoms with Gasteiger partial charge in [-0.2, -0.15) is 8.78 Å². The average Bonchev–Trinajstić information content (AvgIpc) is 2.71. The number of ether oxygens (including phenoxy) is 2. The second kappa shape index (κ2) is 10.5. The maximum Gasteiger partial charge on any atom is 0.387 e. The molecule has 2 aromatic carbocycles. The van der Waals surface area contributed by atoms with Crippen molar-refractivity contribution in [3.63, 3.8) is 0 Å². The van der Waals surface area contributed by atoms with Gasteiger partial charge in [0.15, 0.2) is 6.61 Å². The molecule has 2 aromatic rings. The summed E-state index contributed by atoms with van der Waals surface area (Å²) in [6.45, 7) is 2.28. The van der Waals surface area contributed by atoms with Crippen molar-refractivity contribution < 1.29 is 32.6 Å². The molecular weight excluding hydrogens is 410 g/mol. The monoisotopic (exact) mass is 434 g/mol. The molecule has 166 valence electrons. The van der Waals surface area contributed by atoms with Crippen LogP contribution in [-0.2, 0) is 19.7 Å². The molecule has 0 heterocycles. The van der Waals surface area contributed by atoms with Crippen molar-refractivity contribution >= 4 is 23.5 Å². The summed E-state index contributed by atoms with van der Waals surface area (Å²) in [5, 5.41) is 4.87. The maximum absolute atomic E-state index is 12.1. The molecule has 0 saturated carbocycles. The van der Waals surface area contributed by atoms with Crippen LogP contribution in [0.4, 0.5) is 14.5 Å². The minimum atomic E-state index is -2.94. The van der Waals surface area contributed by atoms with Crippen molar-refractivity contribution in [1.82, 2.24) is 5.32 Å². The van der Waals surface area contributed by atoms with E-state index in [1.165, 1.54) is 24.3 Å². The van der Waals surface area contributed by atoms with E-state index in [9.17, 15) is 23.2 Å². The van der Waals surface area contributed by atoms with Crippen LogP contribution in [0.3, 0.4) is 0 Å². The Kier molecular flexibility index (Phi) is 8.07. The number of rotatable bonds is 8. The van der Waals surface area contributed by atoms with E-state index in [0.717, 1.165) is 5.56 Å². The Morgan fingerprint density at radius 3 is 2.13 bits per heavy atom. The molecule has 0 bridgehead atoms. The number of amides is 2. The smallest absolute Gasteiger partial charge is 0.387 e. The number of hydrogen-bond acceptors (Lipinski definition) is 5. The zero-order valence-corrected chi connectivity index (χ0v) is 17.4. The van der Waals surface area contributed by atoms with Gasteiger partial charge in [-0.05, 0) is 47.4 Å². The summed E-state index contributed by atoms with van der Waals surface area (Å²) in [4.78, 5) is 35.7. The highest BCUT2D eigenvalue weighted by Crippen LogP contribution is 2.22. The van der Waals surface area contributed by atoms with Gasteiger partial charge in [-0.3, -0.25) is 14.4 Å². The first kappa shape index (κ1) is 23.8. The fraction of sp³-hybridized carbons (Fsp3) is 0.318. The third-order valence-corrected chi connectivity index (χ3v) is 4.13. The quantitative estimate of drug-likeness (QED) is 0.621. The summed E-state index contributed by atoms with van der Waals surface area (Å²) in [6.07, 6.45) is 0. The molecule has 2 N–H and O–H groups in total. The predicted octanol–water partition coefficient (Wildman–Crippen LogP) is 3.50. The van der Waals surface area contributed by atoms with Gasteiger partial charge >= 0.3 is 12.6 Å². The number of hydrogen-bond donors (Lipinski definition) is 2. The SMILES string of the molecule is CC(C)(C)c1ccc(C(=O)NCC(=O)OCC(=O)Nc2ccc(OC(F)F)cc2)cc1. The first-order valence-corrected chi connectivity index (χ1v) is 9.43. The van der Waals surface area contributed by atoms with E-state index in [1.54, 1.807) is 12.1 Å². The van der Waals surface area contributed by atoms with E-state index in [0.29, 0.717) is 11.3 Å². The molecule has 0 saturated heterocycles. The lowest BCUT2D eigenvalue weighted by Crippen LogP contribution is -2.32. The Labute approximate surface area is 178 Å². The molecule has 0 fully saturated rings. The van der Waals surface area contributed by atoms with E-state index in [2.05, 4.69) is 36.1 Å². The molecule has 0 unspecified atom stereocenters. The van der Waals surface area contributed by atoms with E-state index < -0.39 is 37.5 Å². The standard InChI is InChI=1S/C22H24F2N2O5/c1-22(2,3)15-6-4-14(5-7-15)20(29)25-12-19(28)30-13-18(27)26-16-8-10-17(11-9-16)31-21(23)24/h4-11,21H,12-13H2,1-3H3,(H,25,29)(H,26,27). The first-order valence-electron chi connectivity index (χ1n) is 9.43. The van der Waals surface area contributed by atoms with Crippen molar-refractivity contribution in [2.45, 2.75) is 32.8 Å². The van der Waals surface area contributed by atoms with Crippen LogP contribution < -0.4 is 15.4 Å². The van der Waals surface area contributed by atoms with Crippen LogP contribution in [0.1, 0.15) is 36.7 Å². The molecule has 2 amide bonds. The highest BCUT2D eigenvalue weighted by atomic mass is 19.3. The van der Waals surface area contributed by atoms with Gasteiger partial charge in [-0.25, -0.2) is 0 Å². The summed E-state index contributed by atoms with van der Waals surface area (Å²) in [5.74, 6) is -1.90. The summed E-state index contributed by atoms with van der Waals surface area (Å²) in [6, 6.07) is 12.3. The second-order valence-electron chi connectivity index (χ2n) is 7.62. The van der Waals surface area contributed by atoms with Crippen LogP contribution in [0, 0.1) is 0 Å². The van der Waals surface area contributed by atoms with Gasteiger partial charge in [0.05, 0.1) is 0 Å². The Hall–Kier alpha value is -3.49. The molecule has 31 heavy (non-hydrogen) atoms. The number of carbonyl (C=O) groups excluding carboxylic acids is 3.